The van der Waals surface area contributed by atoms with Crippen molar-refractivity contribution in [3.63, 3.8) is 0 Å². The van der Waals surface area contributed by atoms with E-state index in [1.807, 2.05) is 48.5 Å². The van der Waals surface area contributed by atoms with Crippen molar-refractivity contribution < 1.29 is 18.0 Å². The Bertz CT molecular complexity index is 1730. The Balaban J connectivity index is 1.31. The first kappa shape index (κ1) is 31.3. The number of halogens is 4. The van der Waals surface area contributed by atoms with Crippen LogP contribution in [0.4, 0.5) is 13.2 Å². The first-order chi connectivity index (χ1) is 22.2. The van der Waals surface area contributed by atoms with Crippen molar-refractivity contribution in [1.82, 2.24) is 20.1 Å². The molecule has 1 saturated carbocycles. The molecule has 2 aliphatic heterocycles. The fourth-order valence-corrected chi connectivity index (χ4v) is 7.73. The summed E-state index contributed by atoms with van der Waals surface area (Å²) in [7, 11) is 0. The predicted octanol–water partition coefficient (Wildman–Crippen LogP) is 8.55. The Morgan fingerprint density at radius 3 is 2.35 bits per heavy atom. The molecule has 1 N–H and O–H groups in total. The van der Waals surface area contributed by atoms with Crippen LogP contribution in [-0.2, 0) is 18.3 Å². The Kier molecular flexibility index (Phi) is 8.67. The van der Waals surface area contributed by atoms with E-state index in [9.17, 15) is 18.0 Å². The summed E-state index contributed by atoms with van der Waals surface area (Å²) in [6.07, 6.45) is 3.03. The molecule has 3 fully saturated rings. The van der Waals surface area contributed by atoms with Gasteiger partial charge in [0.05, 0.1) is 27.9 Å². The molecule has 1 aromatic heterocycles. The zero-order valence-corrected chi connectivity index (χ0v) is 27.3. The molecule has 1 aliphatic carbocycles. The number of likely N-dealkylation sites (tertiary alicyclic amines) is 2. The van der Waals surface area contributed by atoms with Gasteiger partial charge in [0, 0.05) is 33.6 Å². The normalized spacial score (nSPS) is 19.3. The number of benzene rings is 3. The predicted molar refractivity (Wildman–Crippen MR) is 178 cm³/mol. The summed E-state index contributed by atoms with van der Waals surface area (Å²) in [6.45, 7) is 4.45. The van der Waals surface area contributed by atoms with Crippen LogP contribution >= 0.6 is 15.9 Å². The van der Waals surface area contributed by atoms with Gasteiger partial charge >= 0.3 is 6.18 Å². The average molecular weight is 692 g/mol. The minimum atomic E-state index is -4.50. The Morgan fingerprint density at radius 1 is 0.913 bits per heavy atom. The largest absolute Gasteiger partial charge is 0.416 e. The second-order valence-electron chi connectivity index (χ2n) is 13.1. The smallest absolute Gasteiger partial charge is 0.342 e. The number of hydrogen-bond acceptors (Lipinski definition) is 4. The number of piperidine rings is 2. The summed E-state index contributed by atoms with van der Waals surface area (Å²) in [5.41, 5.74) is 2.37. The maximum Gasteiger partial charge on any atom is 0.416 e. The van der Waals surface area contributed by atoms with E-state index in [1.54, 1.807) is 6.07 Å². The molecule has 3 aliphatic rings. The van der Waals surface area contributed by atoms with E-state index in [0.717, 1.165) is 74.0 Å². The van der Waals surface area contributed by atoms with E-state index in [0.29, 0.717) is 45.9 Å². The highest BCUT2D eigenvalue weighted by atomic mass is 79.9. The SMILES string of the molecule is O=C(NC1(c2ccccc2)CC1)c1c(CN2CCC(N3CCCCC3)CC2)c(-c2cccc(C(F)(F)F)c2)nc2ccc(Br)cc12. The molecule has 0 bridgehead atoms. The quantitative estimate of drug-likeness (QED) is 0.211. The third-order valence-electron chi connectivity index (χ3n) is 10.0. The third kappa shape index (κ3) is 6.46. The van der Waals surface area contributed by atoms with Crippen molar-refractivity contribution in [2.24, 2.45) is 0 Å². The number of alkyl halides is 3. The van der Waals surface area contributed by atoms with Crippen molar-refractivity contribution in [1.29, 1.82) is 0 Å². The number of hydrogen-bond donors (Lipinski definition) is 1. The van der Waals surface area contributed by atoms with Gasteiger partial charge in [-0.1, -0.05) is 64.8 Å². The highest BCUT2D eigenvalue weighted by Gasteiger charge is 2.46. The lowest BCUT2D eigenvalue weighted by molar-refractivity contribution is -0.137. The molecule has 5 nitrogen and oxygen atoms in total. The Morgan fingerprint density at radius 2 is 1.65 bits per heavy atom. The molecular weight excluding hydrogens is 653 g/mol. The van der Waals surface area contributed by atoms with Crippen molar-refractivity contribution >= 4 is 32.7 Å². The number of nitrogens with one attached hydrogen (secondary N) is 1. The lowest BCUT2D eigenvalue weighted by atomic mass is 9.93. The van der Waals surface area contributed by atoms with Gasteiger partial charge < -0.3 is 10.2 Å². The molecule has 240 valence electrons. The van der Waals surface area contributed by atoms with E-state index in [2.05, 4.69) is 31.0 Å². The van der Waals surface area contributed by atoms with E-state index >= 15 is 0 Å². The van der Waals surface area contributed by atoms with Gasteiger partial charge in [0.15, 0.2) is 0 Å². The van der Waals surface area contributed by atoms with Gasteiger partial charge in [0.1, 0.15) is 0 Å². The van der Waals surface area contributed by atoms with Gasteiger partial charge in [-0.3, -0.25) is 9.69 Å². The Hall–Kier alpha value is -3.27. The molecule has 0 atom stereocenters. The van der Waals surface area contributed by atoms with Crippen molar-refractivity contribution in [2.75, 3.05) is 26.2 Å². The number of amides is 1. The monoisotopic (exact) mass is 690 g/mol. The lowest BCUT2D eigenvalue weighted by Crippen LogP contribution is -2.46. The first-order valence-electron chi connectivity index (χ1n) is 16.3. The molecule has 0 unspecified atom stereocenters. The van der Waals surface area contributed by atoms with Crippen LogP contribution in [0, 0.1) is 0 Å². The van der Waals surface area contributed by atoms with E-state index in [-0.39, 0.29) is 5.91 Å². The number of rotatable bonds is 7. The molecule has 9 heteroatoms. The summed E-state index contributed by atoms with van der Waals surface area (Å²) in [5, 5.41) is 4.05. The maximum atomic E-state index is 14.6. The number of carbonyl (C=O) groups excluding carboxylic acids is 1. The molecule has 4 aromatic rings. The molecule has 46 heavy (non-hydrogen) atoms. The zero-order chi connectivity index (χ0) is 31.9. The Labute approximate surface area is 276 Å². The summed E-state index contributed by atoms with van der Waals surface area (Å²) in [6, 6.07) is 21.5. The minimum absolute atomic E-state index is 0.224. The van der Waals surface area contributed by atoms with E-state index in [4.69, 9.17) is 4.98 Å². The van der Waals surface area contributed by atoms with Crippen LogP contribution in [0.15, 0.2) is 77.3 Å². The van der Waals surface area contributed by atoms with Gasteiger partial charge in [0.2, 0.25) is 0 Å². The second-order valence-corrected chi connectivity index (χ2v) is 14.0. The molecule has 3 aromatic carbocycles. The number of pyridine rings is 1. The number of aromatic nitrogens is 1. The highest BCUT2D eigenvalue weighted by molar-refractivity contribution is 9.10. The maximum absolute atomic E-state index is 14.6. The van der Waals surface area contributed by atoms with E-state index < -0.39 is 17.3 Å². The van der Waals surface area contributed by atoms with E-state index in [1.165, 1.54) is 25.3 Å². The molecular formula is C37H38BrF3N4O. The van der Waals surface area contributed by atoms with Crippen LogP contribution in [0.5, 0.6) is 0 Å². The summed E-state index contributed by atoms with van der Waals surface area (Å²) in [4.78, 5) is 24.5. The van der Waals surface area contributed by atoms with Gasteiger partial charge in [-0.25, -0.2) is 4.98 Å². The van der Waals surface area contributed by atoms with Crippen LogP contribution in [0.3, 0.4) is 0 Å². The second kappa shape index (κ2) is 12.7. The van der Waals surface area contributed by atoms with Crippen LogP contribution < -0.4 is 5.32 Å². The third-order valence-corrected chi connectivity index (χ3v) is 10.5. The average Bonchev–Trinajstić information content (AvgIpc) is 3.85. The van der Waals surface area contributed by atoms with Crippen LogP contribution in [0.1, 0.15) is 72.0 Å². The zero-order valence-electron chi connectivity index (χ0n) is 25.8. The van der Waals surface area contributed by atoms with Crippen LogP contribution in [0.25, 0.3) is 22.2 Å². The summed E-state index contributed by atoms with van der Waals surface area (Å²) in [5.74, 6) is -0.224. The fourth-order valence-electron chi connectivity index (χ4n) is 7.37. The molecule has 7 rings (SSSR count). The van der Waals surface area contributed by atoms with Gasteiger partial charge in [0.25, 0.3) is 5.91 Å². The summed E-state index contributed by atoms with van der Waals surface area (Å²) >= 11 is 3.59. The van der Waals surface area contributed by atoms with Gasteiger partial charge in [-0.2, -0.15) is 13.2 Å². The first-order valence-corrected chi connectivity index (χ1v) is 17.1. The lowest BCUT2D eigenvalue weighted by Gasteiger charge is -2.40. The number of fused-ring (bicyclic) bond motifs is 1. The number of nitrogens with zero attached hydrogens (tertiary/aromatic N) is 3. The highest BCUT2D eigenvalue weighted by Crippen LogP contribution is 2.46. The molecule has 0 radical (unpaired) electrons. The molecule has 0 spiro atoms. The molecule has 2 saturated heterocycles. The molecule has 1 amide bonds. The topological polar surface area (TPSA) is 48.5 Å². The van der Waals surface area contributed by atoms with Gasteiger partial charge in [-0.15, -0.1) is 0 Å². The van der Waals surface area contributed by atoms with Crippen LogP contribution in [-0.4, -0.2) is 52.9 Å². The standard InChI is InChI=1S/C37H38BrF3N4O/c38-28-12-13-32-30(23-28)33(35(46)43-36(16-17-36)26-9-3-1-4-10-26)31(34(42-32)25-8-7-11-27(22-25)37(39,40)41)24-44-20-14-29(15-21-44)45-18-5-2-6-19-45/h1,3-4,7-13,22-23,29H,2,5-6,14-21,24H2,(H,43,46). The number of carbonyl (C=O) groups is 1. The van der Waals surface area contributed by atoms with Crippen LogP contribution in [0.2, 0.25) is 0 Å². The fraction of sp³-hybridized carbons (Fsp3) is 0.405. The minimum Gasteiger partial charge on any atom is -0.342 e. The van der Waals surface area contributed by atoms with Crippen molar-refractivity contribution in [2.45, 2.75) is 69.2 Å². The van der Waals surface area contributed by atoms with Crippen molar-refractivity contribution in [3.05, 3.63) is 99.5 Å². The summed E-state index contributed by atoms with van der Waals surface area (Å²) < 4.78 is 42.5. The van der Waals surface area contributed by atoms with Crippen molar-refractivity contribution in [3.8, 4) is 11.3 Å². The van der Waals surface area contributed by atoms with Gasteiger partial charge in [-0.05, 0) is 101 Å². The molecule has 3 heterocycles.